The maximum Gasteiger partial charge on any atom is 0.269 e. The van der Waals surface area contributed by atoms with Crippen LogP contribution < -0.4 is 4.74 Å². The Morgan fingerprint density at radius 3 is 2.30 bits per heavy atom. The first-order valence-electron chi connectivity index (χ1n) is 7.75. The molecular weight excluding hydrogens is 370 g/mol. The van der Waals surface area contributed by atoms with E-state index in [0.29, 0.717) is 17.2 Å². The van der Waals surface area contributed by atoms with Crippen LogP contribution in [0.3, 0.4) is 0 Å². The lowest BCUT2D eigenvalue weighted by Crippen LogP contribution is -1.95. The van der Waals surface area contributed by atoms with Crippen molar-refractivity contribution in [2.75, 3.05) is 0 Å². The summed E-state index contributed by atoms with van der Waals surface area (Å²) >= 11 is 5.67. The zero-order valence-electron chi connectivity index (χ0n) is 13.8. The van der Waals surface area contributed by atoms with Crippen LogP contribution in [0.5, 0.6) is 11.6 Å². The quantitative estimate of drug-likeness (QED) is 0.265. The van der Waals surface area contributed by atoms with Crippen molar-refractivity contribution in [2.24, 2.45) is 0 Å². The number of carbonyl (C=O) groups excluding carboxylic acids is 1. The van der Waals surface area contributed by atoms with Crippen molar-refractivity contribution >= 4 is 29.1 Å². The second-order valence-corrected chi connectivity index (χ2v) is 5.75. The van der Waals surface area contributed by atoms with Gasteiger partial charge in [0.15, 0.2) is 10.9 Å². The van der Waals surface area contributed by atoms with Crippen molar-refractivity contribution in [1.29, 1.82) is 0 Å². The number of aromatic nitrogens is 2. The van der Waals surface area contributed by atoms with Crippen LogP contribution in [-0.2, 0) is 0 Å². The molecule has 7 nitrogen and oxygen atoms in total. The number of halogens is 1. The van der Waals surface area contributed by atoms with Crippen LogP contribution in [0.25, 0.3) is 6.08 Å². The highest BCUT2D eigenvalue weighted by Gasteiger charge is 2.07. The van der Waals surface area contributed by atoms with Crippen molar-refractivity contribution in [2.45, 2.75) is 0 Å². The number of carbonyl (C=O) groups is 1. The third-order valence-electron chi connectivity index (χ3n) is 3.50. The maximum atomic E-state index is 12.1. The predicted octanol–water partition coefficient (Wildman–Crippen LogP) is 4.73. The molecule has 2 aromatic carbocycles. The van der Waals surface area contributed by atoms with E-state index in [4.69, 9.17) is 16.3 Å². The molecule has 0 amide bonds. The molecule has 1 aromatic heterocycles. The van der Waals surface area contributed by atoms with E-state index < -0.39 is 4.92 Å². The van der Waals surface area contributed by atoms with Crippen molar-refractivity contribution in [3.63, 3.8) is 0 Å². The molecule has 1 heterocycles. The van der Waals surface area contributed by atoms with Crippen LogP contribution in [0.2, 0.25) is 5.15 Å². The first-order valence-corrected chi connectivity index (χ1v) is 8.13. The monoisotopic (exact) mass is 381 g/mol. The molecule has 0 atom stereocenters. The smallest absolute Gasteiger partial charge is 0.269 e. The summed E-state index contributed by atoms with van der Waals surface area (Å²) in [6, 6.07) is 15.6. The molecule has 0 aliphatic carbocycles. The van der Waals surface area contributed by atoms with Gasteiger partial charge in [0.1, 0.15) is 5.75 Å². The summed E-state index contributed by atoms with van der Waals surface area (Å²) in [6.07, 6.45) is 3.05. The summed E-state index contributed by atoms with van der Waals surface area (Å²) in [5, 5.41) is 18.4. The van der Waals surface area contributed by atoms with Gasteiger partial charge in [-0.1, -0.05) is 29.8 Å². The molecule has 0 radical (unpaired) electrons. The standard InChI is InChI=1S/C19H12ClN3O4/c20-18-11-12-19(22-21-18)27-16-8-1-13(2-9-16)3-10-17(24)14-4-6-15(7-5-14)23(25)26/h1-12H/b10-3+. The highest BCUT2D eigenvalue weighted by molar-refractivity contribution is 6.29. The number of non-ortho nitro benzene ring substituents is 1. The number of ether oxygens (including phenoxy) is 1. The number of hydrogen-bond donors (Lipinski definition) is 0. The van der Waals surface area contributed by atoms with Crippen molar-refractivity contribution in [1.82, 2.24) is 10.2 Å². The van der Waals surface area contributed by atoms with Gasteiger partial charge >= 0.3 is 0 Å². The molecule has 0 spiro atoms. The number of benzene rings is 2. The van der Waals surface area contributed by atoms with Crippen LogP contribution in [0, 0.1) is 10.1 Å². The van der Waals surface area contributed by atoms with Crippen LogP contribution >= 0.6 is 11.6 Å². The van der Waals surface area contributed by atoms with E-state index in [1.807, 2.05) is 0 Å². The van der Waals surface area contributed by atoms with Gasteiger partial charge in [-0.3, -0.25) is 14.9 Å². The molecule has 27 heavy (non-hydrogen) atoms. The molecule has 0 bridgehead atoms. The molecule has 0 aliphatic rings. The lowest BCUT2D eigenvalue weighted by Gasteiger charge is -2.04. The molecule has 0 N–H and O–H groups in total. The van der Waals surface area contributed by atoms with Crippen LogP contribution in [0.1, 0.15) is 15.9 Å². The number of rotatable bonds is 6. The molecule has 0 saturated carbocycles. The summed E-state index contributed by atoms with van der Waals surface area (Å²) < 4.78 is 5.54. The minimum Gasteiger partial charge on any atom is -0.438 e. The molecular formula is C19H12ClN3O4. The van der Waals surface area contributed by atoms with E-state index >= 15 is 0 Å². The van der Waals surface area contributed by atoms with Gasteiger partial charge in [-0.25, -0.2) is 0 Å². The third-order valence-corrected chi connectivity index (χ3v) is 3.70. The van der Waals surface area contributed by atoms with E-state index in [1.54, 1.807) is 42.5 Å². The second kappa shape index (κ2) is 8.20. The molecule has 0 saturated heterocycles. The molecule has 8 heteroatoms. The van der Waals surface area contributed by atoms with Gasteiger partial charge in [0, 0.05) is 23.8 Å². The van der Waals surface area contributed by atoms with Crippen molar-refractivity contribution < 1.29 is 14.5 Å². The van der Waals surface area contributed by atoms with Gasteiger partial charge < -0.3 is 4.74 Å². The zero-order chi connectivity index (χ0) is 19.2. The van der Waals surface area contributed by atoms with Gasteiger partial charge in [0.2, 0.25) is 5.88 Å². The average Bonchev–Trinajstić information content (AvgIpc) is 2.69. The van der Waals surface area contributed by atoms with Gasteiger partial charge in [0.05, 0.1) is 4.92 Å². The Morgan fingerprint density at radius 2 is 1.70 bits per heavy atom. The van der Waals surface area contributed by atoms with E-state index in [1.165, 1.54) is 30.3 Å². The maximum absolute atomic E-state index is 12.1. The highest BCUT2D eigenvalue weighted by Crippen LogP contribution is 2.20. The lowest BCUT2D eigenvalue weighted by atomic mass is 10.1. The van der Waals surface area contributed by atoms with Crippen LogP contribution in [0.4, 0.5) is 5.69 Å². The molecule has 3 rings (SSSR count). The summed E-state index contributed by atoms with van der Waals surface area (Å²) in [5.74, 6) is 0.628. The van der Waals surface area contributed by atoms with Gasteiger partial charge in [0.25, 0.3) is 5.69 Å². The lowest BCUT2D eigenvalue weighted by molar-refractivity contribution is -0.384. The average molecular weight is 382 g/mol. The Kier molecular flexibility index (Phi) is 5.53. The van der Waals surface area contributed by atoms with Crippen molar-refractivity contribution in [3.8, 4) is 11.6 Å². The second-order valence-electron chi connectivity index (χ2n) is 5.37. The van der Waals surface area contributed by atoms with E-state index in [0.717, 1.165) is 5.56 Å². The number of nitro benzene ring substituents is 1. The summed E-state index contributed by atoms with van der Waals surface area (Å²) in [7, 11) is 0. The summed E-state index contributed by atoms with van der Waals surface area (Å²) in [4.78, 5) is 22.3. The van der Waals surface area contributed by atoms with E-state index in [-0.39, 0.29) is 16.6 Å². The zero-order valence-corrected chi connectivity index (χ0v) is 14.5. The van der Waals surface area contributed by atoms with Crippen LogP contribution in [0.15, 0.2) is 66.7 Å². The first-order chi connectivity index (χ1) is 13.0. The SMILES string of the molecule is O=C(/C=C/c1ccc(Oc2ccc(Cl)nn2)cc1)c1ccc([N+](=O)[O-])cc1. The number of hydrogen-bond acceptors (Lipinski definition) is 6. The van der Waals surface area contributed by atoms with E-state index in [2.05, 4.69) is 10.2 Å². The molecule has 3 aromatic rings. The molecule has 0 aliphatic heterocycles. The summed E-state index contributed by atoms with van der Waals surface area (Å²) in [5.41, 5.74) is 1.11. The number of allylic oxidation sites excluding steroid dienone is 1. The van der Waals surface area contributed by atoms with Gasteiger partial charge in [-0.15, -0.1) is 10.2 Å². The Hall–Kier alpha value is -3.58. The van der Waals surface area contributed by atoms with Gasteiger partial charge in [-0.05, 0) is 42.0 Å². The number of nitrogens with zero attached hydrogens (tertiary/aromatic N) is 3. The Morgan fingerprint density at radius 1 is 1.00 bits per heavy atom. The summed E-state index contributed by atoms with van der Waals surface area (Å²) in [6.45, 7) is 0. The topological polar surface area (TPSA) is 95.2 Å². The Bertz CT molecular complexity index is 985. The minimum absolute atomic E-state index is 0.0588. The van der Waals surface area contributed by atoms with E-state index in [9.17, 15) is 14.9 Å². The fourth-order valence-electron chi connectivity index (χ4n) is 2.14. The largest absolute Gasteiger partial charge is 0.438 e. The van der Waals surface area contributed by atoms with Crippen LogP contribution in [-0.4, -0.2) is 20.9 Å². The number of ketones is 1. The fraction of sp³-hybridized carbons (Fsp3) is 0. The van der Waals surface area contributed by atoms with Crippen molar-refractivity contribution in [3.05, 3.63) is 93.1 Å². The Balaban J connectivity index is 1.63. The molecule has 0 unspecified atom stereocenters. The third kappa shape index (κ3) is 4.96. The first kappa shape index (κ1) is 18.2. The normalized spacial score (nSPS) is 10.7. The number of nitro groups is 1. The fourth-order valence-corrected chi connectivity index (χ4v) is 2.24. The molecule has 0 fully saturated rings. The molecule has 134 valence electrons. The Labute approximate surface area is 159 Å². The highest BCUT2D eigenvalue weighted by atomic mass is 35.5. The van der Waals surface area contributed by atoms with Gasteiger partial charge in [-0.2, -0.15) is 0 Å². The minimum atomic E-state index is -0.511. The predicted molar refractivity (Wildman–Crippen MR) is 100 cm³/mol.